The fourth-order valence-electron chi connectivity index (χ4n) is 3.97. The van der Waals surface area contributed by atoms with E-state index in [-0.39, 0.29) is 34.5 Å². The monoisotopic (exact) mass is 600 g/mol. The molecule has 0 saturated carbocycles. The van der Waals surface area contributed by atoms with Gasteiger partial charge in [-0.25, -0.2) is 14.2 Å². The first-order valence-electron chi connectivity index (χ1n) is 13.3. The Hall–Kier alpha value is -4.39. The molecule has 4 N–H and O–H groups in total. The zero-order valence-corrected chi connectivity index (χ0v) is 26.1. The number of ether oxygens (including phenoxy) is 3. The standard InChI is InChI=1S/C27H31FN6O5S.C2H6/c1-8-14-10-15(9-13(2)20(14)37-7)30-25-32-22(29)21(40-25)24-33-23(34-39-24)16-11-18(19(36-6)12-17(16)28)31-26(35)38-27(3,4)5;1-2/h9-12H,8,29H2,1-7H3,(H,30,32)(H,31,35);1-2H3. The summed E-state index contributed by atoms with van der Waals surface area (Å²) in [6.45, 7) is 13.2. The number of carbonyl (C=O) groups excluding carboxylic acids is 1. The zero-order valence-electron chi connectivity index (χ0n) is 25.3. The maximum Gasteiger partial charge on any atom is 0.412 e. The molecule has 4 rings (SSSR count). The topological polar surface area (TPSA) is 147 Å². The molecule has 0 fully saturated rings. The van der Waals surface area contributed by atoms with E-state index in [9.17, 15) is 9.18 Å². The molecule has 0 atom stereocenters. The summed E-state index contributed by atoms with van der Waals surface area (Å²) in [7, 11) is 3.01. The van der Waals surface area contributed by atoms with Crippen molar-refractivity contribution in [3.63, 3.8) is 0 Å². The maximum atomic E-state index is 15.0. The van der Waals surface area contributed by atoms with Crippen LogP contribution >= 0.6 is 11.3 Å². The minimum absolute atomic E-state index is 0.0240. The van der Waals surface area contributed by atoms with Crippen LogP contribution in [0.3, 0.4) is 0 Å². The van der Waals surface area contributed by atoms with Crippen molar-refractivity contribution in [2.75, 3.05) is 30.6 Å². The van der Waals surface area contributed by atoms with Crippen LogP contribution in [0.25, 0.3) is 22.2 Å². The number of methoxy groups -OCH3 is 2. The van der Waals surface area contributed by atoms with Crippen LogP contribution in [0.1, 0.15) is 52.7 Å². The highest BCUT2D eigenvalue weighted by atomic mass is 32.1. The van der Waals surface area contributed by atoms with Crippen LogP contribution in [-0.4, -0.2) is 41.0 Å². The van der Waals surface area contributed by atoms with Crippen LogP contribution < -0.4 is 25.8 Å². The SMILES string of the molecule is CC.CCc1cc(Nc2nc(N)c(-c3nc(-c4cc(NC(=O)OC(C)(C)C)c(OC)cc4F)no3)s2)cc(C)c1OC. The van der Waals surface area contributed by atoms with E-state index in [1.165, 1.54) is 24.5 Å². The molecule has 1 amide bonds. The lowest BCUT2D eigenvalue weighted by atomic mass is 10.1. The lowest BCUT2D eigenvalue weighted by Crippen LogP contribution is -2.27. The van der Waals surface area contributed by atoms with Crippen molar-refractivity contribution in [1.29, 1.82) is 0 Å². The summed E-state index contributed by atoms with van der Waals surface area (Å²) in [4.78, 5) is 21.4. The smallest absolute Gasteiger partial charge is 0.412 e. The van der Waals surface area contributed by atoms with Crippen molar-refractivity contribution in [1.82, 2.24) is 15.1 Å². The number of hydrogen-bond acceptors (Lipinski definition) is 11. The normalized spacial score (nSPS) is 10.9. The molecule has 2 heterocycles. The van der Waals surface area contributed by atoms with Crippen LogP contribution in [0.4, 0.5) is 31.5 Å². The number of anilines is 4. The van der Waals surface area contributed by atoms with Gasteiger partial charge in [0, 0.05) is 11.8 Å². The van der Waals surface area contributed by atoms with Gasteiger partial charge in [0.15, 0.2) is 5.13 Å². The molecule has 0 aliphatic carbocycles. The number of halogens is 1. The summed E-state index contributed by atoms with van der Waals surface area (Å²) < 4.78 is 36.4. The molecule has 4 aromatic rings. The van der Waals surface area contributed by atoms with E-state index in [0.29, 0.717) is 10.0 Å². The number of aryl methyl sites for hydroxylation is 2. The number of nitrogen functional groups attached to an aromatic ring is 1. The number of thiazole rings is 1. The van der Waals surface area contributed by atoms with Crippen LogP contribution in [0.15, 0.2) is 28.8 Å². The maximum absolute atomic E-state index is 15.0. The van der Waals surface area contributed by atoms with E-state index in [1.807, 2.05) is 32.9 Å². The number of hydrogen-bond donors (Lipinski definition) is 3. The molecule has 0 aliphatic rings. The fraction of sp³-hybridized carbons (Fsp3) is 0.379. The molecule has 0 aliphatic heterocycles. The van der Waals surface area contributed by atoms with Gasteiger partial charge >= 0.3 is 6.09 Å². The summed E-state index contributed by atoms with van der Waals surface area (Å²) in [5.41, 5.74) is 8.45. The van der Waals surface area contributed by atoms with E-state index in [2.05, 4.69) is 32.7 Å². The summed E-state index contributed by atoms with van der Waals surface area (Å²) in [6, 6.07) is 6.40. The second kappa shape index (κ2) is 13.5. The largest absolute Gasteiger partial charge is 0.496 e. The molecule has 0 spiro atoms. The predicted molar refractivity (Wildman–Crippen MR) is 163 cm³/mol. The summed E-state index contributed by atoms with van der Waals surface area (Å²) in [5, 5.41) is 10.3. The van der Waals surface area contributed by atoms with Crippen LogP contribution in [0, 0.1) is 12.7 Å². The van der Waals surface area contributed by atoms with Gasteiger partial charge in [-0.3, -0.25) is 5.32 Å². The van der Waals surface area contributed by atoms with Crippen LogP contribution in [-0.2, 0) is 11.2 Å². The molecule has 2 aromatic carbocycles. The number of benzene rings is 2. The number of nitrogens with one attached hydrogen (secondary N) is 2. The highest BCUT2D eigenvalue weighted by Gasteiger charge is 2.23. The highest BCUT2D eigenvalue weighted by molar-refractivity contribution is 7.19. The molecule has 0 bridgehead atoms. The summed E-state index contributed by atoms with van der Waals surface area (Å²) in [5.74, 6) is 0.448. The van der Waals surface area contributed by atoms with E-state index in [1.54, 1.807) is 27.9 Å². The van der Waals surface area contributed by atoms with Gasteiger partial charge in [-0.05, 0) is 63.4 Å². The Morgan fingerprint density at radius 1 is 1.12 bits per heavy atom. The molecular formula is C29H37FN6O5S. The molecule has 11 nitrogen and oxygen atoms in total. The van der Waals surface area contributed by atoms with E-state index in [4.69, 9.17) is 24.5 Å². The first-order valence-corrected chi connectivity index (χ1v) is 14.2. The molecule has 13 heteroatoms. The Balaban J connectivity index is 0.00000237. The number of nitrogens with zero attached hydrogens (tertiary/aromatic N) is 3. The van der Waals surface area contributed by atoms with Gasteiger partial charge < -0.3 is 29.8 Å². The van der Waals surface area contributed by atoms with Gasteiger partial charge in [0.2, 0.25) is 5.82 Å². The average molecular weight is 601 g/mol. The molecule has 0 saturated heterocycles. The Kier molecular flexibility index (Phi) is 10.3. The summed E-state index contributed by atoms with van der Waals surface area (Å²) >= 11 is 1.21. The van der Waals surface area contributed by atoms with E-state index >= 15 is 0 Å². The first kappa shape index (κ1) is 32.1. The molecular weight excluding hydrogens is 563 g/mol. The van der Waals surface area contributed by atoms with Crippen molar-refractivity contribution in [2.24, 2.45) is 0 Å². The highest BCUT2D eigenvalue weighted by Crippen LogP contribution is 2.38. The zero-order chi connectivity index (χ0) is 31.2. The van der Waals surface area contributed by atoms with Crippen molar-refractivity contribution >= 4 is 39.8 Å². The van der Waals surface area contributed by atoms with Gasteiger partial charge in [-0.2, -0.15) is 4.98 Å². The lowest BCUT2D eigenvalue weighted by Gasteiger charge is -2.20. The minimum Gasteiger partial charge on any atom is -0.496 e. The number of amides is 1. The van der Waals surface area contributed by atoms with Crippen LogP contribution in [0.5, 0.6) is 11.5 Å². The van der Waals surface area contributed by atoms with Gasteiger partial charge in [0.25, 0.3) is 5.89 Å². The molecule has 0 unspecified atom stereocenters. The molecule has 0 radical (unpaired) electrons. The van der Waals surface area contributed by atoms with Gasteiger partial charge in [0.1, 0.15) is 33.6 Å². The Morgan fingerprint density at radius 3 is 2.45 bits per heavy atom. The number of nitrogens with two attached hydrogens (primary N) is 1. The third-order valence-corrected chi connectivity index (χ3v) is 6.60. The molecule has 42 heavy (non-hydrogen) atoms. The quantitative estimate of drug-likeness (QED) is 0.185. The second-order valence-corrected chi connectivity index (χ2v) is 10.8. The fourth-order valence-corrected chi connectivity index (χ4v) is 4.79. The van der Waals surface area contributed by atoms with Crippen molar-refractivity contribution < 1.29 is 27.9 Å². The first-order chi connectivity index (χ1) is 19.9. The Labute approximate surface area is 248 Å². The third kappa shape index (κ3) is 7.46. The Bertz CT molecular complexity index is 1550. The molecule has 226 valence electrons. The number of aromatic nitrogens is 3. The van der Waals surface area contributed by atoms with Gasteiger partial charge in [-0.15, -0.1) is 0 Å². The van der Waals surface area contributed by atoms with Crippen molar-refractivity contribution in [2.45, 2.75) is 60.5 Å². The van der Waals surface area contributed by atoms with Crippen LogP contribution in [0.2, 0.25) is 0 Å². The third-order valence-electron chi connectivity index (χ3n) is 5.63. The van der Waals surface area contributed by atoms with Crippen molar-refractivity contribution in [3.05, 3.63) is 41.2 Å². The van der Waals surface area contributed by atoms with E-state index < -0.39 is 17.5 Å². The second-order valence-electron chi connectivity index (χ2n) is 9.78. The number of carbonyl (C=O) groups is 1. The van der Waals surface area contributed by atoms with E-state index in [0.717, 1.165) is 35.1 Å². The molecule has 2 aromatic heterocycles. The number of rotatable bonds is 8. The minimum atomic E-state index is -0.729. The summed E-state index contributed by atoms with van der Waals surface area (Å²) in [6.07, 6.45) is 0.0691. The average Bonchev–Trinajstić information content (AvgIpc) is 3.55. The Morgan fingerprint density at radius 2 is 1.83 bits per heavy atom. The van der Waals surface area contributed by atoms with Gasteiger partial charge in [0.05, 0.1) is 25.5 Å². The van der Waals surface area contributed by atoms with Crippen molar-refractivity contribution in [3.8, 4) is 33.7 Å². The predicted octanol–water partition coefficient (Wildman–Crippen LogP) is 7.59. The van der Waals surface area contributed by atoms with Gasteiger partial charge in [-0.1, -0.05) is 37.3 Å². The lowest BCUT2D eigenvalue weighted by molar-refractivity contribution is 0.0635.